The molecule has 1 fully saturated rings. The van der Waals surface area contributed by atoms with Crippen LogP contribution in [-0.4, -0.2) is 21.8 Å². The lowest BCUT2D eigenvalue weighted by Gasteiger charge is -2.11. The molecule has 0 unspecified atom stereocenters. The van der Waals surface area contributed by atoms with E-state index in [1.165, 1.54) is 18.2 Å². The van der Waals surface area contributed by atoms with Gasteiger partial charge in [0.05, 0.1) is 11.5 Å². The van der Waals surface area contributed by atoms with Crippen LogP contribution in [0.4, 0.5) is 10.5 Å². The second-order valence-electron chi connectivity index (χ2n) is 6.52. The number of nitrogens with zero attached hydrogens (tertiary/aromatic N) is 2. The molecule has 1 aromatic heterocycles. The summed E-state index contributed by atoms with van der Waals surface area (Å²) in [6.07, 6.45) is 1.43. The van der Waals surface area contributed by atoms with Crippen LogP contribution < -0.4 is 5.32 Å². The van der Waals surface area contributed by atoms with Crippen LogP contribution in [0.3, 0.4) is 0 Å². The number of nitro benzene ring substituents is 1. The van der Waals surface area contributed by atoms with Crippen LogP contribution in [0.2, 0.25) is 0 Å². The molecule has 3 amide bonds. The molecule has 0 spiro atoms. The molecule has 1 saturated heterocycles. The maximum Gasteiger partial charge on any atom is 0.329 e. The number of nitro groups is 1. The van der Waals surface area contributed by atoms with E-state index in [0.717, 1.165) is 14.9 Å². The third-order valence-corrected chi connectivity index (χ3v) is 5.00. The first-order chi connectivity index (χ1) is 14.4. The Morgan fingerprint density at radius 1 is 1.10 bits per heavy atom. The van der Waals surface area contributed by atoms with E-state index in [2.05, 4.69) is 21.2 Å². The minimum absolute atomic E-state index is 0.0503. The highest BCUT2D eigenvalue weighted by molar-refractivity contribution is 9.10. The van der Waals surface area contributed by atoms with Crippen molar-refractivity contribution in [3.05, 3.63) is 92.3 Å². The Labute approximate surface area is 179 Å². The van der Waals surface area contributed by atoms with Gasteiger partial charge >= 0.3 is 6.03 Å². The van der Waals surface area contributed by atoms with Crippen molar-refractivity contribution >= 4 is 39.6 Å². The standard InChI is InChI=1S/C21H14BrN3O5/c22-15-6-4-13(5-7-15)12-24-20(26)18(23-21(24)27)11-17-8-9-19(30-17)14-2-1-3-16(10-14)25(28)29/h1-11H,12H2,(H,23,27)/b18-11+. The van der Waals surface area contributed by atoms with Gasteiger partial charge < -0.3 is 9.73 Å². The van der Waals surface area contributed by atoms with E-state index < -0.39 is 16.9 Å². The average molecular weight is 468 g/mol. The summed E-state index contributed by atoms with van der Waals surface area (Å²) in [6, 6.07) is 16.1. The Balaban J connectivity index is 1.53. The summed E-state index contributed by atoms with van der Waals surface area (Å²) in [7, 11) is 0. The van der Waals surface area contributed by atoms with E-state index in [9.17, 15) is 19.7 Å². The van der Waals surface area contributed by atoms with Gasteiger partial charge in [-0.1, -0.05) is 40.2 Å². The van der Waals surface area contributed by atoms with E-state index in [0.29, 0.717) is 17.1 Å². The molecular weight excluding hydrogens is 454 g/mol. The topological polar surface area (TPSA) is 106 Å². The highest BCUT2D eigenvalue weighted by atomic mass is 79.9. The predicted molar refractivity (Wildman–Crippen MR) is 112 cm³/mol. The van der Waals surface area contributed by atoms with Crippen molar-refractivity contribution in [2.75, 3.05) is 0 Å². The molecule has 0 atom stereocenters. The Hall–Kier alpha value is -3.72. The smallest absolute Gasteiger partial charge is 0.329 e. The number of amides is 3. The lowest BCUT2D eigenvalue weighted by atomic mass is 10.1. The van der Waals surface area contributed by atoms with Crippen molar-refractivity contribution < 1.29 is 18.9 Å². The lowest BCUT2D eigenvalue weighted by molar-refractivity contribution is -0.384. The fraction of sp³-hybridized carbons (Fsp3) is 0.0476. The van der Waals surface area contributed by atoms with Gasteiger partial charge in [0.2, 0.25) is 0 Å². The maximum absolute atomic E-state index is 12.6. The van der Waals surface area contributed by atoms with E-state index in [1.54, 1.807) is 24.3 Å². The van der Waals surface area contributed by atoms with Crippen LogP contribution in [0.1, 0.15) is 11.3 Å². The zero-order chi connectivity index (χ0) is 21.3. The first-order valence-corrected chi connectivity index (χ1v) is 9.63. The van der Waals surface area contributed by atoms with Gasteiger partial charge in [-0.2, -0.15) is 0 Å². The number of halogens is 1. The number of benzene rings is 2. The average Bonchev–Trinajstić information content (AvgIpc) is 3.30. The van der Waals surface area contributed by atoms with Crippen LogP contribution in [0.5, 0.6) is 0 Å². The van der Waals surface area contributed by atoms with Crippen molar-refractivity contribution in [2.45, 2.75) is 6.54 Å². The van der Waals surface area contributed by atoms with Crippen LogP contribution >= 0.6 is 15.9 Å². The largest absolute Gasteiger partial charge is 0.457 e. The lowest BCUT2D eigenvalue weighted by Crippen LogP contribution is -2.30. The molecule has 0 radical (unpaired) electrons. The van der Waals surface area contributed by atoms with Crippen molar-refractivity contribution in [2.24, 2.45) is 0 Å². The number of imide groups is 1. The SMILES string of the molecule is O=C1N/C(=C/c2ccc(-c3cccc([N+](=O)[O-])c3)o2)C(=O)N1Cc1ccc(Br)cc1. The molecule has 3 aromatic rings. The number of carbonyl (C=O) groups is 2. The van der Waals surface area contributed by atoms with Crippen LogP contribution in [0, 0.1) is 10.1 Å². The fourth-order valence-electron chi connectivity index (χ4n) is 2.99. The van der Waals surface area contributed by atoms with Crippen LogP contribution in [0.15, 0.2) is 75.3 Å². The molecular formula is C21H14BrN3O5. The Morgan fingerprint density at radius 3 is 2.60 bits per heavy atom. The molecule has 2 heterocycles. The highest BCUT2D eigenvalue weighted by Gasteiger charge is 2.33. The summed E-state index contributed by atoms with van der Waals surface area (Å²) in [4.78, 5) is 36.4. The zero-order valence-electron chi connectivity index (χ0n) is 15.4. The van der Waals surface area contributed by atoms with Crippen molar-refractivity contribution in [1.82, 2.24) is 10.2 Å². The van der Waals surface area contributed by atoms with Gasteiger partial charge in [-0.05, 0) is 29.8 Å². The quantitative estimate of drug-likeness (QED) is 0.253. The van der Waals surface area contributed by atoms with Crippen LogP contribution in [0.25, 0.3) is 17.4 Å². The molecule has 0 saturated carbocycles. The van der Waals surface area contributed by atoms with Gasteiger partial charge in [0, 0.05) is 28.2 Å². The van der Waals surface area contributed by atoms with Gasteiger partial charge in [0.1, 0.15) is 17.2 Å². The number of furan rings is 1. The molecule has 1 aliphatic rings. The molecule has 8 nitrogen and oxygen atoms in total. The van der Waals surface area contributed by atoms with Gasteiger partial charge in [-0.15, -0.1) is 0 Å². The summed E-state index contributed by atoms with van der Waals surface area (Å²) < 4.78 is 6.59. The molecule has 9 heteroatoms. The summed E-state index contributed by atoms with van der Waals surface area (Å²) in [5.41, 5.74) is 1.39. The minimum atomic E-state index is -0.514. The number of carbonyl (C=O) groups excluding carboxylic acids is 2. The third-order valence-electron chi connectivity index (χ3n) is 4.47. The number of nitrogens with one attached hydrogen (secondary N) is 1. The predicted octanol–water partition coefficient (Wildman–Crippen LogP) is 4.71. The number of hydrogen-bond donors (Lipinski definition) is 1. The molecule has 0 bridgehead atoms. The van der Waals surface area contributed by atoms with Crippen LogP contribution in [-0.2, 0) is 11.3 Å². The molecule has 1 N–H and O–H groups in total. The van der Waals surface area contributed by atoms with E-state index in [1.807, 2.05) is 24.3 Å². The van der Waals surface area contributed by atoms with Gasteiger partial charge in [-0.3, -0.25) is 19.8 Å². The molecule has 1 aliphatic heterocycles. The maximum atomic E-state index is 12.6. The van der Waals surface area contributed by atoms with E-state index in [-0.39, 0.29) is 17.9 Å². The normalized spacial score (nSPS) is 15.0. The zero-order valence-corrected chi connectivity index (χ0v) is 17.0. The highest BCUT2D eigenvalue weighted by Crippen LogP contribution is 2.27. The van der Waals surface area contributed by atoms with Crippen molar-refractivity contribution in [3.63, 3.8) is 0 Å². The molecule has 150 valence electrons. The second kappa shape index (κ2) is 7.96. The van der Waals surface area contributed by atoms with Gasteiger partial charge in [0.15, 0.2) is 0 Å². The minimum Gasteiger partial charge on any atom is -0.457 e. The monoisotopic (exact) mass is 467 g/mol. The van der Waals surface area contributed by atoms with Crippen molar-refractivity contribution in [3.8, 4) is 11.3 Å². The summed E-state index contributed by atoms with van der Waals surface area (Å²) >= 11 is 3.35. The number of rotatable bonds is 5. The van der Waals surface area contributed by atoms with E-state index >= 15 is 0 Å². The van der Waals surface area contributed by atoms with Gasteiger partial charge in [-0.25, -0.2) is 4.79 Å². The molecule has 4 rings (SSSR count). The summed E-state index contributed by atoms with van der Waals surface area (Å²) in [5, 5.41) is 13.5. The molecule has 2 aromatic carbocycles. The number of hydrogen-bond acceptors (Lipinski definition) is 5. The molecule has 30 heavy (non-hydrogen) atoms. The third kappa shape index (κ3) is 4.01. The fourth-order valence-corrected chi connectivity index (χ4v) is 3.25. The summed E-state index contributed by atoms with van der Waals surface area (Å²) in [6.45, 7) is 0.145. The Morgan fingerprint density at radius 2 is 1.87 bits per heavy atom. The Bertz CT molecular complexity index is 1180. The number of non-ortho nitro benzene ring substituents is 1. The van der Waals surface area contributed by atoms with E-state index in [4.69, 9.17) is 4.42 Å². The first kappa shape index (κ1) is 19.6. The molecule has 0 aliphatic carbocycles. The summed E-state index contributed by atoms with van der Waals surface area (Å²) in [5.74, 6) is 0.288. The number of urea groups is 1. The van der Waals surface area contributed by atoms with Crippen molar-refractivity contribution in [1.29, 1.82) is 0 Å². The Kier molecular flexibility index (Phi) is 5.20. The second-order valence-corrected chi connectivity index (χ2v) is 7.43. The first-order valence-electron chi connectivity index (χ1n) is 8.84. The van der Waals surface area contributed by atoms with Gasteiger partial charge in [0.25, 0.3) is 11.6 Å².